The molecule has 1 saturated heterocycles. The normalized spacial score (nSPS) is 22.1. The molecule has 3 rings (SSSR count). The predicted molar refractivity (Wildman–Crippen MR) is 84.8 cm³/mol. The van der Waals surface area contributed by atoms with Gasteiger partial charge in [-0.2, -0.15) is 5.10 Å². The van der Waals surface area contributed by atoms with Crippen molar-refractivity contribution in [3.8, 4) is 5.75 Å². The Balaban J connectivity index is 1.72. The van der Waals surface area contributed by atoms with E-state index in [2.05, 4.69) is 22.1 Å². The Morgan fingerprint density at radius 2 is 2.23 bits per heavy atom. The molecule has 22 heavy (non-hydrogen) atoms. The highest BCUT2D eigenvalue weighted by molar-refractivity contribution is 5.31. The number of likely N-dealkylation sites (tertiary alicyclic amines) is 1. The Bertz CT molecular complexity index is 626. The first-order valence-electron chi connectivity index (χ1n) is 7.70. The Morgan fingerprint density at radius 3 is 2.95 bits per heavy atom. The van der Waals surface area contributed by atoms with Gasteiger partial charge in [-0.3, -0.25) is 9.58 Å². The largest absolute Gasteiger partial charge is 0.497 e. The molecule has 1 aliphatic heterocycles. The molecule has 1 aromatic heterocycles. The van der Waals surface area contributed by atoms with Gasteiger partial charge in [-0.25, -0.2) is 0 Å². The van der Waals surface area contributed by atoms with Crippen LogP contribution in [0.1, 0.15) is 23.7 Å². The SMILES string of the molecule is COc1cccc([C@H]2C[C@@H](O)CN2CCc2ccnn2C)c1. The molecule has 0 unspecified atom stereocenters. The van der Waals surface area contributed by atoms with Gasteiger partial charge >= 0.3 is 0 Å². The number of β-amino-alcohol motifs (C(OH)–C–C–N with tert-alkyl or cyclic N) is 1. The summed E-state index contributed by atoms with van der Waals surface area (Å²) < 4.78 is 7.23. The molecule has 5 heteroatoms. The van der Waals surface area contributed by atoms with E-state index in [0.717, 1.165) is 31.7 Å². The molecule has 0 bridgehead atoms. The second-order valence-electron chi connectivity index (χ2n) is 5.87. The van der Waals surface area contributed by atoms with Gasteiger partial charge in [-0.1, -0.05) is 12.1 Å². The molecule has 1 fully saturated rings. The molecule has 0 amide bonds. The van der Waals surface area contributed by atoms with Crippen LogP contribution in [0.4, 0.5) is 0 Å². The van der Waals surface area contributed by atoms with Crippen molar-refractivity contribution in [1.82, 2.24) is 14.7 Å². The molecule has 2 heterocycles. The van der Waals surface area contributed by atoms with Crippen molar-refractivity contribution in [2.75, 3.05) is 20.2 Å². The maximum atomic E-state index is 10.1. The summed E-state index contributed by atoms with van der Waals surface area (Å²) in [5.74, 6) is 0.866. The molecule has 1 N–H and O–H groups in total. The highest BCUT2D eigenvalue weighted by atomic mass is 16.5. The zero-order valence-electron chi connectivity index (χ0n) is 13.1. The number of rotatable bonds is 5. The summed E-state index contributed by atoms with van der Waals surface area (Å²) in [6.07, 6.45) is 3.28. The van der Waals surface area contributed by atoms with Gasteiger partial charge in [0.25, 0.3) is 0 Å². The number of hydrogen-bond donors (Lipinski definition) is 1. The number of nitrogens with zero attached hydrogens (tertiary/aromatic N) is 3. The van der Waals surface area contributed by atoms with Crippen LogP contribution in [-0.4, -0.2) is 46.1 Å². The third-order valence-electron chi connectivity index (χ3n) is 4.44. The van der Waals surface area contributed by atoms with Crippen LogP contribution in [0.2, 0.25) is 0 Å². The highest BCUT2D eigenvalue weighted by Crippen LogP contribution is 2.33. The minimum Gasteiger partial charge on any atom is -0.497 e. The van der Waals surface area contributed by atoms with Gasteiger partial charge in [-0.05, 0) is 30.2 Å². The number of aliphatic hydroxyl groups excluding tert-OH is 1. The van der Waals surface area contributed by atoms with Crippen molar-refractivity contribution < 1.29 is 9.84 Å². The summed E-state index contributed by atoms with van der Waals surface area (Å²) in [5, 5.41) is 14.3. The van der Waals surface area contributed by atoms with E-state index in [1.165, 1.54) is 11.3 Å². The number of aliphatic hydroxyl groups is 1. The molecular weight excluding hydrogens is 278 g/mol. The summed E-state index contributed by atoms with van der Waals surface area (Å²) in [6, 6.07) is 10.4. The van der Waals surface area contributed by atoms with Gasteiger partial charge in [0.15, 0.2) is 0 Å². The fraction of sp³-hybridized carbons (Fsp3) is 0.471. The zero-order valence-corrected chi connectivity index (χ0v) is 13.1. The van der Waals surface area contributed by atoms with E-state index in [9.17, 15) is 5.11 Å². The van der Waals surface area contributed by atoms with Crippen LogP contribution in [-0.2, 0) is 13.5 Å². The molecule has 118 valence electrons. The van der Waals surface area contributed by atoms with E-state index in [1.807, 2.05) is 36.1 Å². The van der Waals surface area contributed by atoms with Gasteiger partial charge in [0, 0.05) is 44.5 Å². The number of methoxy groups -OCH3 is 1. The maximum absolute atomic E-state index is 10.1. The third kappa shape index (κ3) is 3.15. The van der Waals surface area contributed by atoms with Crippen LogP contribution in [0.25, 0.3) is 0 Å². The Kier molecular flexibility index (Phi) is 4.45. The minimum atomic E-state index is -0.261. The lowest BCUT2D eigenvalue weighted by Crippen LogP contribution is -2.27. The average Bonchev–Trinajstić information content (AvgIpc) is 3.11. The molecule has 1 aliphatic rings. The summed E-state index contributed by atoms with van der Waals surface area (Å²) in [6.45, 7) is 1.64. The molecule has 1 aromatic carbocycles. The smallest absolute Gasteiger partial charge is 0.119 e. The number of aromatic nitrogens is 2. The Hall–Kier alpha value is -1.85. The van der Waals surface area contributed by atoms with E-state index >= 15 is 0 Å². The lowest BCUT2D eigenvalue weighted by atomic mass is 10.0. The minimum absolute atomic E-state index is 0.248. The van der Waals surface area contributed by atoms with Crippen LogP contribution in [0, 0.1) is 0 Å². The van der Waals surface area contributed by atoms with Gasteiger partial charge in [0.2, 0.25) is 0 Å². The van der Waals surface area contributed by atoms with Gasteiger partial charge in [-0.15, -0.1) is 0 Å². The lowest BCUT2D eigenvalue weighted by Gasteiger charge is -2.24. The van der Waals surface area contributed by atoms with Crippen LogP contribution in [0.15, 0.2) is 36.5 Å². The van der Waals surface area contributed by atoms with Crippen molar-refractivity contribution in [1.29, 1.82) is 0 Å². The number of ether oxygens (including phenoxy) is 1. The summed E-state index contributed by atoms with van der Waals surface area (Å²) in [5.41, 5.74) is 2.42. The van der Waals surface area contributed by atoms with Crippen molar-refractivity contribution in [3.63, 3.8) is 0 Å². The maximum Gasteiger partial charge on any atom is 0.119 e. The van der Waals surface area contributed by atoms with Crippen molar-refractivity contribution >= 4 is 0 Å². The van der Waals surface area contributed by atoms with Gasteiger partial charge in [0.05, 0.1) is 13.2 Å². The molecule has 0 saturated carbocycles. The second-order valence-corrected chi connectivity index (χ2v) is 5.87. The first kappa shape index (κ1) is 15.1. The van der Waals surface area contributed by atoms with E-state index in [0.29, 0.717) is 0 Å². The first-order chi connectivity index (χ1) is 10.7. The van der Waals surface area contributed by atoms with E-state index in [4.69, 9.17) is 4.74 Å². The molecule has 5 nitrogen and oxygen atoms in total. The number of benzene rings is 1. The van der Waals surface area contributed by atoms with Crippen molar-refractivity contribution in [3.05, 3.63) is 47.8 Å². The van der Waals surface area contributed by atoms with Crippen molar-refractivity contribution in [2.45, 2.75) is 25.0 Å². The predicted octanol–water partition coefficient (Wildman–Crippen LogP) is 1.78. The van der Waals surface area contributed by atoms with Crippen LogP contribution < -0.4 is 4.74 Å². The fourth-order valence-electron chi connectivity index (χ4n) is 3.23. The van der Waals surface area contributed by atoms with Crippen LogP contribution in [0.5, 0.6) is 5.75 Å². The Morgan fingerprint density at radius 1 is 1.36 bits per heavy atom. The standard InChI is InChI=1S/C17H23N3O2/c1-19-14(6-8-18-19)7-9-20-12-15(21)11-17(20)13-4-3-5-16(10-13)22-2/h3-6,8,10,15,17,21H,7,9,11-12H2,1-2H3/t15-,17-/m1/s1. The highest BCUT2D eigenvalue weighted by Gasteiger charge is 2.31. The number of aryl methyl sites for hydroxylation is 1. The summed E-state index contributed by atoms with van der Waals surface area (Å²) >= 11 is 0. The summed E-state index contributed by atoms with van der Waals surface area (Å²) in [4.78, 5) is 2.35. The van der Waals surface area contributed by atoms with Gasteiger partial charge in [0.1, 0.15) is 5.75 Å². The molecule has 2 aromatic rings. The molecule has 0 spiro atoms. The van der Waals surface area contributed by atoms with Crippen LogP contribution >= 0.6 is 0 Å². The molecule has 0 radical (unpaired) electrons. The Labute approximate surface area is 131 Å². The van der Waals surface area contributed by atoms with E-state index in [1.54, 1.807) is 7.11 Å². The van der Waals surface area contributed by atoms with Crippen LogP contribution in [0.3, 0.4) is 0 Å². The van der Waals surface area contributed by atoms with E-state index in [-0.39, 0.29) is 12.1 Å². The fourth-order valence-corrected chi connectivity index (χ4v) is 3.23. The second kappa shape index (κ2) is 6.50. The monoisotopic (exact) mass is 301 g/mol. The molecule has 2 atom stereocenters. The third-order valence-corrected chi connectivity index (χ3v) is 4.44. The summed E-state index contributed by atoms with van der Waals surface area (Å²) in [7, 11) is 3.65. The molecular formula is C17H23N3O2. The molecule has 0 aliphatic carbocycles. The van der Waals surface area contributed by atoms with Gasteiger partial charge < -0.3 is 9.84 Å². The average molecular weight is 301 g/mol. The zero-order chi connectivity index (χ0) is 15.5. The number of hydrogen-bond acceptors (Lipinski definition) is 4. The lowest BCUT2D eigenvalue weighted by molar-refractivity contribution is 0.175. The van der Waals surface area contributed by atoms with Crippen molar-refractivity contribution in [2.24, 2.45) is 7.05 Å². The van der Waals surface area contributed by atoms with E-state index < -0.39 is 0 Å². The quantitative estimate of drug-likeness (QED) is 0.914. The first-order valence-corrected chi connectivity index (χ1v) is 7.70. The topological polar surface area (TPSA) is 50.5 Å².